The molecule has 5 rings (SSSR count). The molecular formula is C23H18N4O3. The Labute approximate surface area is 172 Å². The van der Waals surface area contributed by atoms with Gasteiger partial charge in [0.2, 0.25) is 5.91 Å². The first-order chi connectivity index (χ1) is 14.6. The van der Waals surface area contributed by atoms with Crippen molar-refractivity contribution in [3.05, 3.63) is 89.7 Å². The fraction of sp³-hybridized carbons (Fsp3) is 0.130. The maximum atomic E-state index is 13.3. The minimum atomic E-state index is -0.553. The van der Waals surface area contributed by atoms with Gasteiger partial charge in [-0.2, -0.15) is 0 Å². The number of anilines is 2. The predicted octanol–water partition coefficient (Wildman–Crippen LogP) is 3.23. The maximum absolute atomic E-state index is 13.3. The number of hydrogen-bond donors (Lipinski definition) is 1. The maximum Gasteiger partial charge on any atom is 0.260 e. The van der Waals surface area contributed by atoms with E-state index in [2.05, 4.69) is 10.3 Å². The number of para-hydroxylation sites is 1. The molecule has 3 heterocycles. The van der Waals surface area contributed by atoms with Crippen LogP contribution in [-0.4, -0.2) is 34.2 Å². The third-order valence-corrected chi connectivity index (χ3v) is 5.41. The number of carbonyl (C=O) groups is 3. The standard InChI is InChI=1S/C23H18N4O3/c28-20(25-15-6-5-12-24-14-15)11-13-26-21-16-7-1-2-8-17(16)23(30)27(21)19-10-4-3-9-18(19)22(26)29/h1-10,12,14,21H,11,13H2,(H,25,28). The molecule has 0 spiro atoms. The van der Waals surface area contributed by atoms with Crippen LogP contribution in [0.5, 0.6) is 0 Å². The normalized spacial score (nSPS) is 16.7. The molecule has 3 amide bonds. The Balaban J connectivity index is 1.46. The van der Waals surface area contributed by atoms with Crippen molar-refractivity contribution in [1.29, 1.82) is 0 Å². The fourth-order valence-corrected chi connectivity index (χ4v) is 4.08. The smallest absolute Gasteiger partial charge is 0.260 e. The molecule has 7 nitrogen and oxygen atoms in total. The summed E-state index contributed by atoms with van der Waals surface area (Å²) in [6.07, 6.45) is 2.74. The van der Waals surface area contributed by atoms with E-state index in [0.717, 1.165) is 5.56 Å². The molecule has 1 unspecified atom stereocenters. The molecule has 0 aliphatic carbocycles. The van der Waals surface area contributed by atoms with Gasteiger partial charge in [0.1, 0.15) is 6.17 Å². The number of rotatable bonds is 4. The molecule has 148 valence electrons. The number of hydrogen-bond acceptors (Lipinski definition) is 4. The first kappa shape index (κ1) is 18.1. The Hall–Kier alpha value is -4.00. The van der Waals surface area contributed by atoms with Gasteiger partial charge in [-0.05, 0) is 30.3 Å². The lowest BCUT2D eigenvalue weighted by Gasteiger charge is -2.40. The van der Waals surface area contributed by atoms with Gasteiger partial charge < -0.3 is 10.2 Å². The lowest BCUT2D eigenvalue weighted by atomic mass is 10.0. The van der Waals surface area contributed by atoms with E-state index in [4.69, 9.17) is 0 Å². The third-order valence-electron chi connectivity index (χ3n) is 5.41. The lowest BCUT2D eigenvalue weighted by Crippen LogP contribution is -2.48. The molecule has 1 atom stereocenters. The fourth-order valence-electron chi connectivity index (χ4n) is 4.08. The summed E-state index contributed by atoms with van der Waals surface area (Å²) in [4.78, 5) is 46.1. The van der Waals surface area contributed by atoms with Crippen molar-refractivity contribution < 1.29 is 14.4 Å². The molecule has 30 heavy (non-hydrogen) atoms. The summed E-state index contributed by atoms with van der Waals surface area (Å²) in [6, 6.07) is 17.9. The summed E-state index contributed by atoms with van der Waals surface area (Å²) in [5.74, 6) is -0.551. The van der Waals surface area contributed by atoms with E-state index in [1.807, 2.05) is 24.3 Å². The highest BCUT2D eigenvalue weighted by Crippen LogP contribution is 2.45. The number of amides is 3. The lowest BCUT2D eigenvalue weighted by molar-refractivity contribution is -0.116. The Morgan fingerprint density at radius 1 is 0.933 bits per heavy atom. The van der Waals surface area contributed by atoms with Crippen molar-refractivity contribution in [2.45, 2.75) is 12.6 Å². The van der Waals surface area contributed by atoms with Crippen molar-refractivity contribution in [2.24, 2.45) is 0 Å². The van der Waals surface area contributed by atoms with Gasteiger partial charge in [0, 0.05) is 30.3 Å². The van der Waals surface area contributed by atoms with Crippen molar-refractivity contribution in [2.75, 3.05) is 16.8 Å². The third kappa shape index (κ3) is 2.83. The van der Waals surface area contributed by atoms with Crippen molar-refractivity contribution >= 4 is 29.1 Å². The van der Waals surface area contributed by atoms with Gasteiger partial charge in [0.15, 0.2) is 0 Å². The molecular weight excluding hydrogens is 380 g/mol. The minimum Gasteiger partial charge on any atom is -0.325 e. The molecule has 0 fully saturated rings. The number of pyridine rings is 1. The largest absolute Gasteiger partial charge is 0.325 e. The van der Waals surface area contributed by atoms with Gasteiger partial charge in [0.25, 0.3) is 11.8 Å². The van der Waals surface area contributed by atoms with Crippen LogP contribution in [-0.2, 0) is 4.79 Å². The van der Waals surface area contributed by atoms with E-state index in [1.165, 1.54) is 0 Å². The van der Waals surface area contributed by atoms with Gasteiger partial charge in [-0.25, -0.2) is 0 Å². The van der Waals surface area contributed by atoms with Crippen molar-refractivity contribution in [1.82, 2.24) is 9.88 Å². The predicted molar refractivity (Wildman–Crippen MR) is 111 cm³/mol. The molecule has 2 aliphatic heterocycles. The summed E-state index contributed by atoms with van der Waals surface area (Å²) in [5, 5.41) is 2.78. The van der Waals surface area contributed by atoms with Crippen LogP contribution in [0.2, 0.25) is 0 Å². The van der Waals surface area contributed by atoms with Crippen LogP contribution in [0.3, 0.4) is 0 Å². The zero-order chi connectivity index (χ0) is 20.7. The summed E-state index contributed by atoms with van der Waals surface area (Å²) in [7, 11) is 0. The molecule has 1 N–H and O–H groups in total. The quantitative estimate of drug-likeness (QED) is 0.732. The monoisotopic (exact) mass is 398 g/mol. The number of aromatic nitrogens is 1. The van der Waals surface area contributed by atoms with Crippen LogP contribution >= 0.6 is 0 Å². The molecule has 1 aromatic heterocycles. The highest BCUT2D eigenvalue weighted by Gasteiger charge is 2.47. The molecule has 0 saturated heterocycles. The number of nitrogens with zero attached hydrogens (tertiary/aromatic N) is 3. The molecule has 0 radical (unpaired) electrons. The summed E-state index contributed by atoms with van der Waals surface area (Å²) in [6.45, 7) is 0.183. The van der Waals surface area contributed by atoms with E-state index in [0.29, 0.717) is 22.5 Å². The van der Waals surface area contributed by atoms with E-state index >= 15 is 0 Å². The Kier molecular flexibility index (Phi) is 4.28. The van der Waals surface area contributed by atoms with Crippen LogP contribution in [0.1, 0.15) is 38.9 Å². The molecule has 2 aliphatic rings. The van der Waals surface area contributed by atoms with E-state index in [9.17, 15) is 14.4 Å². The highest BCUT2D eigenvalue weighted by molar-refractivity contribution is 6.16. The number of carbonyl (C=O) groups excluding carboxylic acids is 3. The first-order valence-corrected chi connectivity index (χ1v) is 9.67. The number of benzene rings is 2. The SMILES string of the molecule is O=C(CCN1C(=O)c2ccccc2N2C(=O)c3ccccc3C12)Nc1cccnc1. The van der Waals surface area contributed by atoms with Gasteiger partial charge in [-0.15, -0.1) is 0 Å². The summed E-state index contributed by atoms with van der Waals surface area (Å²) in [5.41, 5.74) is 3.02. The zero-order valence-electron chi connectivity index (χ0n) is 16.0. The van der Waals surface area contributed by atoms with Crippen LogP contribution in [0.4, 0.5) is 11.4 Å². The van der Waals surface area contributed by atoms with E-state index in [1.54, 1.807) is 58.6 Å². The average molecular weight is 398 g/mol. The molecule has 0 saturated carbocycles. The molecule has 7 heteroatoms. The van der Waals surface area contributed by atoms with Crippen LogP contribution in [0, 0.1) is 0 Å². The molecule has 0 bridgehead atoms. The van der Waals surface area contributed by atoms with Crippen molar-refractivity contribution in [3.8, 4) is 0 Å². The van der Waals surface area contributed by atoms with Crippen molar-refractivity contribution in [3.63, 3.8) is 0 Å². The average Bonchev–Trinajstić information content (AvgIpc) is 3.07. The minimum absolute atomic E-state index is 0.101. The molecule has 3 aromatic rings. The second kappa shape index (κ2) is 7.11. The van der Waals surface area contributed by atoms with E-state index in [-0.39, 0.29) is 30.7 Å². The second-order valence-corrected chi connectivity index (χ2v) is 7.19. The summed E-state index contributed by atoms with van der Waals surface area (Å²) < 4.78 is 0. The Morgan fingerprint density at radius 2 is 1.70 bits per heavy atom. The van der Waals surface area contributed by atoms with Gasteiger partial charge in [-0.1, -0.05) is 30.3 Å². The van der Waals surface area contributed by atoms with Gasteiger partial charge in [-0.3, -0.25) is 24.3 Å². The Morgan fingerprint density at radius 3 is 2.50 bits per heavy atom. The number of fused-ring (bicyclic) bond motifs is 5. The highest BCUT2D eigenvalue weighted by atomic mass is 16.2. The zero-order valence-corrected chi connectivity index (χ0v) is 16.0. The van der Waals surface area contributed by atoms with Gasteiger partial charge in [0.05, 0.1) is 23.1 Å². The van der Waals surface area contributed by atoms with Crippen LogP contribution < -0.4 is 10.2 Å². The Bertz CT molecular complexity index is 1160. The van der Waals surface area contributed by atoms with E-state index < -0.39 is 6.17 Å². The van der Waals surface area contributed by atoms with Crippen LogP contribution in [0.25, 0.3) is 0 Å². The topological polar surface area (TPSA) is 82.6 Å². The summed E-state index contributed by atoms with van der Waals surface area (Å²) >= 11 is 0. The van der Waals surface area contributed by atoms with Crippen LogP contribution in [0.15, 0.2) is 73.1 Å². The number of nitrogens with one attached hydrogen (secondary N) is 1. The van der Waals surface area contributed by atoms with Gasteiger partial charge >= 0.3 is 0 Å². The molecule has 2 aromatic carbocycles. The first-order valence-electron chi connectivity index (χ1n) is 9.67. The second-order valence-electron chi connectivity index (χ2n) is 7.19.